The standard InChI is InChI=1S/C22H25N3O5/c1-13-11-17(26)19(28)20(30-13)22(7-9-29-10-8-22)12-18(27)23-14(2)21-24-15-5-3-4-6-16(15)25-21/h3-6,11,14,28H,7-10,12H2,1-2H3,(H,23,27)(H,24,25). The smallest absolute Gasteiger partial charge is 0.227 e. The molecule has 4 rings (SSSR count). The molecular formula is C22H25N3O5. The molecule has 1 unspecified atom stereocenters. The van der Waals surface area contributed by atoms with E-state index in [-0.39, 0.29) is 24.1 Å². The number of para-hydroxylation sites is 2. The van der Waals surface area contributed by atoms with Gasteiger partial charge in [-0.05, 0) is 38.8 Å². The first-order valence-corrected chi connectivity index (χ1v) is 10.0. The van der Waals surface area contributed by atoms with Gasteiger partial charge in [0, 0.05) is 31.1 Å². The monoisotopic (exact) mass is 411 g/mol. The van der Waals surface area contributed by atoms with Crippen molar-refractivity contribution in [3.05, 3.63) is 57.9 Å². The third-order valence-corrected chi connectivity index (χ3v) is 5.67. The van der Waals surface area contributed by atoms with Gasteiger partial charge in [0.1, 0.15) is 11.6 Å². The van der Waals surface area contributed by atoms with Crippen molar-refractivity contribution in [2.24, 2.45) is 0 Å². The van der Waals surface area contributed by atoms with Crippen LogP contribution in [-0.2, 0) is 14.9 Å². The van der Waals surface area contributed by atoms with Crippen molar-refractivity contribution < 1.29 is 19.1 Å². The summed E-state index contributed by atoms with van der Waals surface area (Å²) >= 11 is 0. The number of aromatic hydroxyl groups is 1. The molecule has 0 bridgehead atoms. The highest BCUT2D eigenvalue weighted by atomic mass is 16.5. The van der Waals surface area contributed by atoms with Gasteiger partial charge in [0.25, 0.3) is 0 Å². The molecule has 1 fully saturated rings. The lowest BCUT2D eigenvalue weighted by Crippen LogP contribution is -2.40. The summed E-state index contributed by atoms with van der Waals surface area (Å²) in [6.07, 6.45) is 1.01. The molecule has 0 spiro atoms. The predicted molar refractivity (Wildman–Crippen MR) is 110 cm³/mol. The number of imidazole rings is 1. The van der Waals surface area contributed by atoms with Crippen LogP contribution in [0.4, 0.5) is 0 Å². The predicted octanol–water partition coefficient (Wildman–Crippen LogP) is 2.85. The highest BCUT2D eigenvalue weighted by Gasteiger charge is 2.42. The van der Waals surface area contributed by atoms with Crippen LogP contribution in [0.3, 0.4) is 0 Å². The van der Waals surface area contributed by atoms with Gasteiger partial charge in [0.15, 0.2) is 5.76 Å². The van der Waals surface area contributed by atoms with Crippen LogP contribution in [0.15, 0.2) is 39.5 Å². The van der Waals surface area contributed by atoms with E-state index in [1.165, 1.54) is 6.07 Å². The van der Waals surface area contributed by atoms with Crippen molar-refractivity contribution in [3.8, 4) is 5.75 Å². The molecule has 1 aliphatic heterocycles. The second-order valence-electron chi connectivity index (χ2n) is 7.90. The van der Waals surface area contributed by atoms with Crippen LogP contribution in [0.2, 0.25) is 0 Å². The van der Waals surface area contributed by atoms with E-state index < -0.39 is 16.6 Å². The summed E-state index contributed by atoms with van der Waals surface area (Å²) in [6, 6.07) is 8.58. The number of hydrogen-bond acceptors (Lipinski definition) is 6. The zero-order chi connectivity index (χ0) is 21.3. The highest BCUT2D eigenvalue weighted by Crippen LogP contribution is 2.41. The number of nitrogens with zero attached hydrogens (tertiary/aromatic N) is 1. The molecule has 158 valence electrons. The maximum Gasteiger partial charge on any atom is 0.227 e. The van der Waals surface area contributed by atoms with E-state index in [4.69, 9.17) is 9.15 Å². The molecule has 0 saturated carbocycles. The van der Waals surface area contributed by atoms with E-state index in [2.05, 4.69) is 15.3 Å². The molecule has 0 radical (unpaired) electrons. The number of rotatable bonds is 5. The fourth-order valence-electron chi connectivity index (χ4n) is 4.06. The summed E-state index contributed by atoms with van der Waals surface area (Å²) in [6.45, 7) is 4.35. The molecule has 0 aliphatic carbocycles. The number of ether oxygens (including phenoxy) is 1. The molecule has 30 heavy (non-hydrogen) atoms. The van der Waals surface area contributed by atoms with Crippen LogP contribution in [0.1, 0.15) is 49.6 Å². The van der Waals surface area contributed by atoms with Crippen molar-refractivity contribution in [2.45, 2.75) is 44.6 Å². The minimum Gasteiger partial charge on any atom is -0.502 e. The lowest BCUT2D eigenvalue weighted by atomic mass is 9.74. The second-order valence-corrected chi connectivity index (χ2v) is 7.90. The molecule has 3 N–H and O–H groups in total. The zero-order valence-electron chi connectivity index (χ0n) is 17.0. The van der Waals surface area contributed by atoms with Gasteiger partial charge in [0.05, 0.1) is 17.1 Å². The summed E-state index contributed by atoms with van der Waals surface area (Å²) in [4.78, 5) is 32.9. The topological polar surface area (TPSA) is 117 Å². The number of hydrogen-bond donors (Lipinski definition) is 3. The molecule has 8 nitrogen and oxygen atoms in total. The van der Waals surface area contributed by atoms with Crippen molar-refractivity contribution in [1.82, 2.24) is 15.3 Å². The summed E-state index contributed by atoms with van der Waals surface area (Å²) in [5, 5.41) is 13.4. The number of fused-ring (bicyclic) bond motifs is 1. The number of aryl methyl sites for hydroxylation is 1. The molecule has 3 aromatic rings. The number of nitrogens with one attached hydrogen (secondary N) is 2. The fourth-order valence-corrected chi connectivity index (χ4v) is 4.06. The van der Waals surface area contributed by atoms with E-state index in [1.54, 1.807) is 6.92 Å². The van der Waals surface area contributed by atoms with Gasteiger partial charge < -0.3 is 24.6 Å². The molecule has 1 saturated heterocycles. The van der Waals surface area contributed by atoms with E-state index in [1.807, 2.05) is 31.2 Å². The number of amides is 1. The Labute approximate surface area is 173 Å². The van der Waals surface area contributed by atoms with Crippen LogP contribution in [0, 0.1) is 6.92 Å². The number of aromatic amines is 1. The van der Waals surface area contributed by atoms with Crippen LogP contribution in [0.5, 0.6) is 5.75 Å². The Morgan fingerprint density at radius 3 is 2.80 bits per heavy atom. The Balaban J connectivity index is 1.57. The lowest BCUT2D eigenvalue weighted by Gasteiger charge is -2.36. The normalized spacial score (nSPS) is 17.0. The van der Waals surface area contributed by atoms with Gasteiger partial charge in [0.2, 0.25) is 17.1 Å². The molecule has 1 amide bonds. The first kappa shape index (κ1) is 20.2. The molecule has 3 heterocycles. The van der Waals surface area contributed by atoms with Crippen LogP contribution in [0.25, 0.3) is 11.0 Å². The van der Waals surface area contributed by atoms with E-state index >= 15 is 0 Å². The Hall–Kier alpha value is -3.13. The Morgan fingerprint density at radius 2 is 2.07 bits per heavy atom. The Morgan fingerprint density at radius 1 is 1.33 bits per heavy atom. The van der Waals surface area contributed by atoms with Crippen LogP contribution in [-0.4, -0.2) is 34.2 Å². The molecule has 2 aromatic heterocycles. The maximum atomic E-state index is 13.0. The molecular weight excluding hydrogens is 386 g/mol. The molecule has 1 atom stereocenters. The lowest BCUT2D eigenvalue weighted by molar-refractivity contribution is -0.124. The van der Waals surface area contributed by atoms with Gasteiger partial charge in [-0.25, -0.2) is 4.98 Å². The number of carbonyl (C=O) groups is 1. The first-order chi connectivity index (χ1) is 14.4. The SMILES string of the molecule is Cc1cc(=O)c(O)c(C2(CC(=O)NC(C)c3nc4ccccc4[nH]3)CCOCC2)o1. The average molecular weight is 411 g/mol. The van der Waals surface area contributed by atoms with Crippen molar-refractivity contribution in [3.63, 3.8) is 0 Å². The average Bonchev–Trinajstić information content (AvgIpc) is 3.15. The minimum absolute atomic E-state index is 0.0703. The van der Waals surface area contributed by atoms with Gasteiger partial charge in [-0.15, -0.1) is 0 Å². The van der Waals surface area contributed by atoms with Gasteiger partial charge in [-0.2, -0.15) is 0 Å². The third kappa shape index (κ3) is 3.82. The largest absolute Gasteiger partial charge is 0.502 e. The third-order valence-electron chi connectivity index (χ3n) is 5.67. The first-order valence-electron chi connectivity index (χ1n) is 10.0. The van der Waals surface area contributed by atoms with E-state index in [0.29, 0.717) is 37.6 Å². The van der Waals surface area contributed by atoms with E-state index in [9.17, 15) is 14.7 Å². The van der Waals surface area contributed by atoms with Crippen molar-refractivity contribution >= 4 is 16.9 Å². The highest BCUT2D eigenvalue weighted by molar-refractivity contribution is 5.79. The number of aromatic nitrogens is 2. The fraction of sp³-hybridized carbons (Fsp3) is 0.409. The second kappa shape index (κ2) is 7.95. The summed E-state index contributed by atoms with van der Waals surface area (Å²) in [5.41, 5.74) is 0.433. The van der Waals surface area contributed by atoms with Gasteiger partial charge in [-0.1, -0.05) is 12.1 Å². The Bertz CT molecular complexity index is 1090. The zero-order valence-corrected chi connectivity index (χ0v) is 17.0. The summed E-state index contributed by atoms with van der Waals surface area (Å²) in [7, 11) is 0. The number of H-pyrrole nitrogens is 1. The van der Waals surface area contributed by atoms with Crippen molar-refractivity contribution in [2.75, 3.05) is 13.2 Å². The molecule has 1 aromatic carbocycles. The van der Waals surface area contributed by atoms with Crippen LogP contribution >= 0.6 is 0 Å². The van der Waals surface area contributed by atoms with Gasteiger partial charge >= 0.3 is 0 Å². The Kier molecular flexibility index (Phi) is 5.34. The number of benzene rings is 1. The summed E-state index contributed by atoms with van der Waals surface area (Å²) < 4.78 is 11.2. The van der Waals surface area contributed by atoms with Crippen LogP contribution < -0.4 is 10.7 Å². The minimum atomic E-state index is -0.800. The summed E-state index contributed by atoms with van der Waals surface area (Å²) in [5.74, 6) is 0.585. The quantitative estimate of drug-likeness (QED) is 0.594. The molecule has 1 aliphatic rings. The van der Waals surface area contributed by atoms with E-state index in [0.717, 1.165) is 11.0 Å². The number of carbonyl (C=O) groups excluding carboxylic acids is 1. The maximum absolute atomic E-state index is 13.0. The van der Waals surface area contributed by atoms with Crippen molar-refractivity contribution in [1.29, 1.82) is 0 Å². The van der Waals surface area contributed by atoms with Gasteiger partial charge in [-0.3, -0.25) is 9.59 Å². The molecule has 8 heteroatoms.